The molecule has 6 nitrogen and oxygen atoms in total. The van der Waals surface area contributed by atoms with E-state index in [1.165, 1.54) is 17.8 Å². The summed E-state index contributed by atoms with van der Waals surface area (Å²) in [4.78, 5) is 34.4. The molecule has 2 fully saturated rings. The fourth-order valence-corrected chi connectivity index (χ4v) is 4.66. The zero-order valence-corrected chi connectivity index (χ0v) is 16.8. The van der Waals surface area contributed by atoms with Gasteiger partial charge >= 0.3 is 0 Å². The zero-order valence-electron chi connectivity index (χ0n) is 16.0. The second kappa shape index (κ2) is 8.73. The molecule has 2 aliphatic rings. The Balaban J connectivity index is 1.39. The summed E-state index contributed by atoms with van der Waals surface area (Å²) in [6.45, 7) is 3.12. The predicted octanol–water partition coefficient (Wildman–Crippen LogP) is 3.49. The van der Waals surface area contributed by atoms with Crippen molar-refractivity contribution in [3.63, 3.8) is 0 Å². The highest BCUT2D eigenvalue weighted by molar-refractivity contribution is 7.12. The van der Waals surface area contributed by atoms with Crippen LogP contribution in [0.15, 0.2) is 35.8 Å². The summed E-state index contributed by atoms with van der Waals surface area (Å²) >= 11 is 1.48. The topological polar surface area (TPSA) is 65.5 Å². The predicted molar refractivity (Wildman–Crippen MR) is 111 cm³/mol. The van der Waals surface area contributed by atoms with Gasteiger partial charge in [0.1, 0.15) is 5.82 Å². The molecule has 0 aromatic carbocycles. The molecule has 1 atom stereocenters. The highest BCUT2D eigenvalue weighted by Gasteiger charge is 2.25. The maximum atomic E-state index is 12.7. The lowest BCUT2D eigenvalue weighted by molar-refractivity contribution is 0.0715. The minimum absolute atomic E-state index is 0.0864. The van der Waals surface area contributed by atoms with Crippen molar-refractivity contribution < 1.29 is 9.59 Å². The summed E-state index contributed by atoms with van der Waals surface area (Å²) in [5, 5.41) is 5.37. The number of hydrogen-bond acceptors (Lipinski definition) is 5. The van der Waals surface area contributed by atoms with Crippen LogP contribution in [0.1, 0.15) is 52.1 Å². The van der Waals surface area contributed by atoms with Crippen LogP contribution in [0, 0.1) is 0 Å². The van der Waals surface area contributed by atoms with E-state index in [1.807, 2.05) is 33.4 Å². The molecule has 4 heterocycles. The van der Waals surface area contributed by atoms with Crippen LogP contribution < -0.4 is 5.32 Å². The van der Waals surface area contributed by atoms with Gasteiger partial charge < -0.3 is 15.1 Å². The van der Waals surface area contributed by atoms with Crippen molar-refractivity contribution in [2.45, 2.75) is 38.1 Å². The van der Waals surface area contributed by atoms with Crippen molar-refractivity contribution in [3.05, 3.63) is 46.3 Å². The Kier molecular flexibility index (Phi) is 5.90. The Labute approximate surface area is 169 Å². The number of pyridine rings is 1. The molecule has 4 rings (SSSR count). The number of aromatic nitrogens is 1. The van der Waals surface area contributed by atoms with Crippen LogP contribution in [-0.4, -0.2) is 58.8 Å². The molecule has 7 heteroatoms. The van der Waals surface area contributed by atoms with Gasteiger partial charge in [-0.2, -0.15) is 0 Å². The fraction of sp³-hybridized carbons (Fsp3) is 0.476. The summed E-state index contributed by atoms with van der Waals surface area (Å²) in [6, 6.07) is 7.56. The quantitative estimate of drug-likeness (QED) is 0.856. The molecular formula is C21H26N4O2S. The molecular weight excluding hydrogens is 372 g/mol. The normalized spacial score (nSPS) is 20.1. The van der Waals surface area contributed by atoms with Crippen LogP contribution in [0.4, 0.5) is 5.82 Å². The van der Waals surface area contributed by atoms with Crippen molar-refractivity contribution in [1.29, 1.82) is 0 Å². The van der Waals surface area contributed by atoms with Crippen LogP contribution in [-0.2, 0) is 0 Å². The van der Waals surface area contributed by atoms with Gasteiger partial charge in [-0.25, -0.2) is 4.98 Å². The maximum absolute atomic E-state index is 12.7. The molecule has 2 aromatic rings. The molecule has 1 N–H and O–H groups in total. The van der Waals surface area contributed by atoms with Crippen molar-refractivity contribution in [2.75, 3.05) is 31.5 Å². The van der Waals surface area contributed by atoms with E-state index in [4.69, 9.17) is 0 Å². The van der Waals surface area contributed by atoms with Crippen LogP contribution in [0.25, 0.3) is 0 Å². The lowest BCUT2D eigenvalue weighted by Crippen LogP contribution is -2.45. The second-order valence-electron chi connectivity index (χ2n) is 7.49. The third-order valence-electron chi connectivity index (χ3n) is 5.44. The molecule has 2 amide bonds. The molecule has 0 aliphatic carbocycles. The van der Waals surface area contributed by atoms with Crippen molar-refractivity contribution >= 4 is 29.0 Å². The Morgan fingerprint density at radius 2 is 1.86 bits per heavy atom. The van der Waals surface area contributed by atoms with E-state index in [9.17, 15) is 9.59 Å². The second-order valence-corrected chi connectivity index (χ2v) is 8.44. The van der Waals surface area contributed by atoms with Gasteiger partial charge in [0, 0.05) is 44.0 Å². The minimum Gasteiger partial charge on any atom is -0.366 e. The van der Waals surface area contributed by atoms with Crippen LogP contribution >= 0.6 is 11.3 Å². The first-order valence-electron chi connectivity index (χ1n) is 10.1. The molecule has 28 heavy (non-hydrogen) atoms. The number of anilines is 1. The standard InChI is InChI=1S/C21H26N4O2S/c26-20(24-10-2-1-3-11-24)16-8-9-22-19(14-16)23-17-6-4-12-25(15-17)21(27)18-7-5-13-28-18/h5,7-9,13-14,17H,1-4,6,10-12,15H2,(H,22,23). The first kappa shape index (κ1) is 18.9. The minimum atomic E-state index is 0.0864. The van der Waals surface area contributed by atoms with E-state index in [1.54, 1.807) is 12.3 Å². The number of hydrogen-bond donors (Lipinski definition) is 1. The van der Waals surface area contributed by atoms with Crippen molar-refractivity contribution in [2.24, 2.45) is 0 Å². The molecule has 148 valence electrons. The SMILES string of the molecule is O=C(c1ccnc(NC2CCCN(C(=O)c3cccs3)C2)c1)N1CCCCC1. The number of carbonyl (C=O) groups excluding carboxylic acids is 2. The van der Waals surface area contributed by atoms with Gasteiger partial charge in [0.2, 0.25) is 0 Å². The highest BCUT2D eigenvalue weighted by Crippen LogP contribution is 2.20. The first-order chi connectivity index (χ1) is 13.7. The smallest absolute Gasteiger partial charge is 0.263 e. The lowest BCUT2D eigenvalue weighted by atomic mass is 10.1. The van der Waals surface area contributed by atoms with Crippen molar-refractivity contribution in [1.82, 2.24) is 14.8 Å². The number of nitrogens with zero attached hydrogens (tertiary/aromatic N) is 3. The molecule has 2 saturated heterocycles. The van der Waals surface area contributed by atoms with Gasteiger partial charge in [0.25, 0.3) is 11.8 Å². The first-order valence-corrected chi connectivity index (χ1v) is 10.9. The van der Waals surface area contributed by atoms with Gasteiger partial charge in [-0.05, 0) is 55.7 Å². The van der Waals surface area contributed by atoms with E-state index < -0.39 is 0 Å². The van der Waals surface area contributed by atoms with Crippen LogP contribution in [0.5, 0.6) is 0 Å². The summed E-state index contributed by atoms with van der Waals surface area (Å²) in [7, 11) is 0. The van der Waals surface area contributed by atoms with E-state index in [2.05, 4.69) is 10.3 Å². The molecule has 0 bridgehead atoms. The van der Waals surface area contributed by atoms with E-state index in [-0.39, 0.29) is 17.9 Å². The summed E-state index contributed by atoms with van der Waals surface area (Å²) in [5.41, 5.74) is 0.682. The van der Waals surface area contributed by atoms with Crippen LogP contribution in [0.2, 0.25) is 0 Å². The van der Waals surface area contributed by atoms with Crippen molar-refractivity contribution in [3.8, 4) is 0 Å². The number of nitrogens with one attached hydrogen (secondary N) is 1. The average molecular weight is 399 g/mol. The Hall–Kier alpha value is -2.41. The Morgan fingerprint density at radius 3 is 2.64 bits per heavy atom. The lowest BCUT2D eigenvalue weighted by Gasteiger charge is -2.33. The number of amides is 2. The fourth-order valence-electron chi connectivity index (χ4n) is 3.97. The number of carbonyl (C=O) groups is 2. The van der Waals surface area contributed by atoms with Gasteiger partial charge in [0.15, 0.2) is 0 Å². The summed E-state index contributed by atoms with van der Waals surface area (Å²) < 4.78 is 0. The van der Waals surface area contributed by atoms with Gasteiger partial charge in [-0.3, -0.25) is 9.59 Å². The Bertz CT molecular complexity index is 818. The molecule has 0 radical (unpaired) electrons. The van der Waals surface area contributed by atoms with Gasteiger partial charge in [-0.15, -0.1) is 11.3 Å². The van der Waals surface area contributed by atoms with Gasteiger partial charge in [0.05, 0.1) is 4.88 Å². The molecule has 1 unspecified atom stereocenters. The largest absolute Gasteiger partial charge is 0.366 e. The average Bonchev–Trinajstić information content (AvgIpc) is 3.29. The van der Waals surface area contributed by atoms with E-state index in [0.717, 1.165) is 50.2 Å². The molecule has 0 spiro atoms. The number of thiophene rings is 1. The molecule has 2 aromatic heterocycles. The maximum Gasteiger partial charge on any atom is 0.263 e. The third kappa shape index (κ3) is 4.35. The molecule has 2 aliphatic heterocycles. The number of piperidine rings is 2. The summed E-state index contributed by atoms with van der Waals surface area (Å²) in [5.74, 6) is 0.894. The monoisotopic (exact) mass is 398 g/mol. The van der Waals surface area contributed by atoms with E-state index in [0.29, 0.717) is 17.9 Å². The Morgan fingerprint density at radius 1 is 1.04 bits per heavy atom. The third-order valence-corrected chi connectivity index (χ3v) is 6.30. The zero-order chi connectivity index (χ0) is 19.3. The highest BCUT2D eigenvalue weighted by atomic mass is 32.1. The van der Waals surface area contributed by atoms with Gasteiger partial charge in [-0.1, -0.05) is 6.07 Å². The van der Waals surface area contributed by atoms with Crippen LogP contribution in [0.3, 0.4) is 0 Å². The van der Waals surface area contributed by atoms with E-state index >= 15 is 0 Å². The summed E-state index contributed by atoms with van der Waals surface area (Å²) in [6.07, 6.45) is 7.00. The molecule has 0 saturated carbocycles. The number of rotatable bonds is 4. The number of likely N-dealkylation sites (tertiary alicyclic amines) is 2.